The van der Waals surface area contributed by atoms with E-state index in [2.05, 4.69) is 41.1 Å². The molecule has 0 unspecified atom stereocenters. The maximum Gasteiger partial charge on any atom is 0.228 e. The minimum Gasteiger partial charge on any atom is -0.366 e. The summed E-state index contributed by atoms with van der Waals surface area (Å²) >= 11 is 1.58. The van der Waals surface area contributed by atoms with Gasteiger partial charge in [-0.15, -0.1) is 11.3 Å². The Kier molecular flexibility index (Phi) is 7.41. The van der Waals surface area contributed by atoms with Gasteiger partial charge >= 0.3 is 0 Å². The molecule has 3 aromatic rings. The summed E-state index contributed by atoms with van der Waals surface area (Å²) in [4.78, 5) is 26.3. The van der Waals surface area contributed by atoms with Gasteiger partial charge in [-0.25, -0.2) is 9.37 Å². The van der Waals surface area contributed by atoms with E-state index in [-0.39, 0.29) is 11.7 Å². The van der Waals surface area contributed by atoms with Crippen molar-refractivity contribution in [3.8, 4) is 10.6 Å². The van der Waals surface area contributed by atoms with Gasteiger partial charge in [0, 0.05) is 69.8 Å². The van der Waals surface area contributed by atoms with Gasteiger partial charge in [0.1, 0.15) is 10.8 Å². The number of nitrogens with zero attached hydrogens (tertiary/aromatic N) is 5. The molecule has 0 saturated carbocycles. The molecular formula is C27H32FN5OS. The monoisotopic (exact) mass is 493 g/mol. The second-order valence-electron chi connectivity index (χ2n) is 9.42. The predicted molar refractivity (Wildman–Crippen MR) is 139 cm³/mol. The van der Waals surface area contributed by atoms with Crippen molar-refractivity contribution in [1.29, 1.82) is 0 Å². The van der Waals surface area contributed by atoms with Crippen molar-refractivity contribution < 1.29 is 9.18 Å². The Bertz CT molecular complexity index is 1130. The van der Waals surface area contributed by atoms with Gasteiger partial charge in [0.25, 0.3) is 0 Å². The topological polar surface area (TPSA) is 42.9 Å². The number of piperazine rings is 2. The van der Waals surface area contributed by atoms with E-state index in [1.54, 1.807) is 23.5 Å². The quantitative estimate of drug-likeness (QED) is 0.525. The normalized spacial score (nSPS) is 17.7. The lowest BCUT2D eigenvalue weighted by Crippen LogP contribution is -2.49. The molecule has 2 fully saturated rings. The Morgan fingerprint density at radius 2 is 1.66 bits per heavy atom. The van der Waals surface area contributed by atoms with Crippen molar-refractivity contribution in [3.63, 3.8) is 0 Å². The van der Waals surface area contributed by atoms with Crippen molar-refractivity contribution in [2.24, 2.45) is 0 Å². The van der Waals surface area contributed by atoms with E-state index in [0.29, 0.717) is 38.3 Å². The van der Waals surface area contributed by atoms with Crippen LogP contribution in [0.3, 0.4) is 0 Å². The molecule has 0 bridgehead atoms. The Hall–Kier alpha value is -2.81. The molecule has 0 radical (unpaired) electrons. The highest BCUT2D eigenvalue weighted by Gasteiger charge is 2.23. The molecule has 0 atom stereocenters. The fourth-order valence-electron chi connectivity index (χ4n) is 4.71. The number of para-hydroxylation sites is 1. The van der Waals surface area contributed by atoms with Gasteiger partial charge in [0.2, 0.25) is 5.91 Å². The number of benzene rings is 2. The van der Waals surface area contributed by atoms with E-state index >= 15 is 0 Å². The molecule has 6 nitrogen and oxygen atoms in total. The number of halogens is 1. The average molecular weight is 494 g/mol. The summed E-state index contributed by atoms with van der Waals surface area (Å²) in [6, 6.07) is 15.5. The molecule has 0 aliphatic carbocycles. The molecule has 1 amide bonds. The number of hydrogen-bond donors (Lipinski definition) is 0. The first-order valence-corrected chi connectivity index (χ1v) is 13.1. The van der Waals surface area contributed by atoms with Crippen LogP contribution in [0.25, 0.3) is 10.6 Å². The fourth-order valence-corrected chi connectivity index (χ4v) is 5.54. The highest BCUT2D eigenvalue weighted by molar-refractivity contribution is 7.13. The van der Waals surface area contributed by atoms with Gasteiger partial charge in [0.15, 0.2) is 0 Å². The van der Waals surface area contributed by atoms with Crippen molar-refractivity contribution in [2.45, 2.75) is 13.0 Å². The van der Waals surface area contributed by atoms with Gasteiger partial charge in [-0.3, -0.25) is 9.69 Å². The molecule has 3 heterocycles. The van der Waals surface area contributed by atoms with Crippen LogP contribution in [0.2, 0.25) is 0 Å². The van der Waals surface area contributed by atoms with Crippen LogP contribution in [0.4, 0.5) is 10.1 Å². The number of aromatic nitrogens is 1. The van der Waals surface area contributed by atoms with Crippen LogP contribution in [-0.4, -0.2) is 85.0 Å². The molecule has 35 heavy (non-hydrogen) atoms. The van der Waals surface area contributed by atoms with Crippen molar-refractivity contribution in [2.75, 3.05) is 64.3 Å². The van der Waals surface area contributed by atoms with Gasteiger partial charge in [0.05, 0.1) is 17.8 Å². The summed E-state index contributed by atoms with van der Waals surface area (Å²) < 4.78 is 14.1. The molecule has 2 saturated heterocycles. The Labute approximate surface area is 210 Å². The molecule has 1 aromatic heterocycles. The largest absolute Gasteiger partial charge is 0.366 e. The van der Waals surface area contributed by atoms with Crippen LogP contribution in [0.15, 0.2) is 53.9 Å². The zero-order chi connectivity index (χ0) is 24.2. The number of amides is 1. The number of thiazole rings is 1. The van der Waals surface area contributed by atoms with E-state index < -0.39 is 0 Å². The van der Waals surface area contributed by atoms with Crippen LogP contribution in [-0.2, 0) is 17.8 Å². The maximum atomic E-state index is 14.1. The lowest BCUT2D eigenvalue weighted by atomic mass is 10.1. The summed E-state index contributed by atoms with van der Waals surface area (Å²) in [5, 5.41) is 2.93. The molecule has 2 aromatic carbocycles. The zero-order valence-corrected chi connectivity index (χ0v) is 21.0. The Morgan fingerprint density at radius 3 is 2.37 bits per heavy atom. The molecule has 2 aliphatic heterocycles. The second kappa shape index (κ2) is 10.8. The van der Waals surface area contributed by atoms with Crippen LogP contribution >= 0.6 is 11.3 Å². The van der Waals surface area contributed by atoms with Crippen molar-refractivity contribution in [1.82, 2.24) is 19.7 Å². The first kappa shape index (κ1) is 23.9. The lowest BCUT2D eigenvalue weighted by Gasteiger charge is -2.36. The minimum absolute atomic E-state index is 0.0811. The third kappa shape index (κ3) is 5.89. The number of hydrogen-bond acceptors (Lipinski definition) is 6. The third-order valence-corrected chi connectivity index (χ3v) is 7.85. The van der Waals surface area contributed by atoms with Crippen LogP contribution < -0.4 is 4.90 Å². The van der Waals surface area contributed by atoms with E-state index in [1.165, 1.54) is 11.6 Å². The van der Waals surface area contributed by atoms with Gasteiger partial charge in [-0.2, -0.15) is 0 Å². The summed E-state index contributed by atoms with van der Waals surface area (Å²) in [7, 11) is 2.18. The third-order valence-electron chi connectivity index (χ3n) is 6.91. The van der Waals surface area contributed by atoms with Gasteiger partial charge in [-0.05, 0) is 24.7 Å². The van der Waals surface area contributed by atoms with Crippen LogP contribution in [0.1, 0.15) is 11.3 Å². The van der Waals surface area contributed by atoms with E-state index in [4.69, 9.17) is 4.98 Å². The highest BCUT2D eigenvalue weighted by atomic mass is 32.1. The molecule has 2 aliphatic rings. The first-order valence-electron chi connectivity index (χ1n) is 12.3. The van der Waals surface area contributed by atoms with E-state index in [0.717, 1.165) is 49.0 Å². The SMILES string of the molecule is CN1CCN(Cc2ccc(-c3nc(CC(=O)N4CCN(c5ccccc5F)CC4)cs3)cc2)CC1. The standard InChI is InChI=1S/C27H32FN5OS/c1-30-10-12-31(13-11-30)19-21-6-8-22(9-7-21)27-29-23(20-35-27)18-26(34)33-16-14-32(15-17-33)25-5-3-2-4-24(25)28/h2-9,20H,10-19H2,1H3. The molecule has 184 valence electrons. The summed E-state index contributed by atoms with van der Waals surface area (Å²) in [6.07, 6.45) is 0.303. The molecule has 5 rings (SSSR count). The Balaban J connectivity index is 1.13. The molecule has 0 spiro atoms. The fraction of sp³-hybridized carbons (Fsp3) is 0.407. The summed E-state index contributed by atoms with van der Waals surface area (Å²) in [5.74, 6) is -0.132. The first-order chi connectivity index (χ1) is 17.0. The number of anilines is 1. The van der Waals surface area contributed by atoms with E-state index in [9.17, 15) is 9.18 Å². The van der Waals surface area contributed by atoms with Crippen molar-refractivity contribution in [3.05, 3.63) is 71.0 Å². The van der Waals surface area contributed by atoms with Crippen molar-refractivity contribution >= 4 is 22.9 Å². The zero-order valence-electron chi connectivity index (χ0n) is 20.2. The average Bonchev–Trinajstić information content (AvgIpc) is 3.35. The summed E-state index contributed by atoms with van der Waals surface area (Å²) in [6.45, 7) is 7.92. The number of carbonyl (C=O) groups excluding carboxylic acids is 1. The lowest BCUT2D eigenvalue weighted by molar-refractivity contribution is -0.130. The number of likely N-dealkylation sites (N-methyl/N-ethyl adjacent to an activating group) is 1. The molecule has 8 heteroatoms. The Morgan fingerprint density at radius 1 is 0.943 bits per heavy atom. The van der Waals surface area contributed by atoms with Crippen LogP contribution in [0.5, 0.6) is 0 Å². The maximum absolute atomic E-state index is 14.1. The van der Waals surface area contributed by atoms with Crippen LogP contribution in [0, 0.1) is 5.82 Å². The smallest absolute Gasteiger partial charge is 0.228 e. The second-order valence-corrected chi connectivity index (χ2v) is 10.3. The molecular weight excluding hydrogens is 461 g/mol. The number of rotatable bonds is 6. The molecule has 0 N–H and O–H groups in total. The van der Waals surface area contributed by atoms with E-state index in [1.807, 2.05) is 21.2 Å². The van der Waals surface area contributed by atoms with Gasteiger partial charge < -0.3 is 14.7 Å². The predicted octanol–water partition coefficient (Wildman–Crippen LogP) is 3.59. The highest BCUT2D eigenvalue weighted by Crippen LogP contribution is 2.25. The van der Waals surface area contributed by atoms with Gasteiger partial charge in [-0.1, -0.05) is 36.4 Å². The number of carbonyl (C=O) groups is 1. The summed E-state index contributed by atoms with van der Waals surface area (Å²) in [5.41, 5.74) is 3.83. The minimum atomic E-state index is -0.213.